The number of carboxylic acids is 1. The molecular formula is C13H11F3N2O3. The monoisotopic (exact) mass is 300 g/mol. The van der Waals surface area contributed by atoms with Crippen LogP contribution in [-0.4, -0.2) is 26.0 Å². The Labute approximate surface area is 117 Å². The zero-order valence-electron chi connectivity index (χ0n) is 10.8. The molecule has 0 aliphatic heterocycles. The van der Waals surface area contributed by atoms with Crippen molar-refractivity contribution in [1.82, 2.24) is 9.78 Å². The fraction of sp³-hybridized carbons (Fsp3) is 0.231. The van der Waals surface area contributed by atoms with E-state index in [-0.39, 0.29) is 22.3 Å². The molecule has 1 heterocycles. The van der Waals surface area contributed by atoms with Gasteiger partial charge < -0.3 is 10.2 Å². The van der Waals surface area contributed by atoms with Crippen molar-refractivity contribution >= 4 is 5.97 Å². The Kier molecular flexibility index (Phi) is 3.73. The van der Waals surface area contributed by atoms with Gasteiger partial charge in [0.25, 0.3) is 0 Å². The van der Waals surface area contributed by atoms with Crippen LogP contribution in [0.15, 0.2) is 24.4 Å². The molecule has 0 saturated heterocycles. The molecule has 0 bridgehead atoms. The van der Waals surface area contributed by atoms with E-state index < -0.39 is 24.4 Å². The van der Waals surface area contributed by atoms with Gasteiger partial charge in [0.05, 0.1) is 12.2 Å². The molecule has 0 aliphatic carbocycles. The molecule has 0 radical (unpaired) electrons. The van der Waals surface area contributed by atoms with Gasteiger partial charge in [-0.3, -0.25) is 4.68 Å². The number of aliphatic hydroxyl groups is 1. The molecule has 0 saturated carbocycles. The second kappa shape index (κ2) is 5.21. The Hall–Kier alpha value is -2.35. The summed E-state index contributed by atoms with van der Waals surface area (Å²) < 4.78 is 39.8. The minimum Gasteiger partial charge on any atom is -0.478 e. The molecule has 1 aromatic carbocycles. The summed E-state index contributed by atoms with van der Waals surface area (Å²) >= 11 is 0. The topological polar surface area (TPSA) is 75.4 Å². The normalized spacial score (nSPS) is 11.7. The highest BCUT2D eigenvalue weighted by Gasteiger charge is 2.37. The molecule has 21 heavy (non-hydrogen) atoms. The van der Waals surface area contributed by atoms with Crippen LogP contribution >= 0.6 is 0 Å². The van der Waals surface area contributed by atoms with Gasteiger partial charge in [-0.05, 0) is 29.3 Å². The molecule has 2 aromatic rings. The van der Waals surface area contributed by atoms with Crippen LogP contribution in [-0.2, 0) is 19.8 Å². The summed E-state index contributed by atoms with van der Waals surface area (Å²) in [5.41, 5.74) is -1.28. The van der Waals surface area contributed by atoms with E-state index >= 15 is 0 Å². The number of halogens is 3. The van der Waals surface area contributed by atoms with Gasteiger partial charge in [-0.15, -0.1) is 0 Å². The standard InChI is InChI=1S/C13H11F3N2O3/c1-18-5-10(11(17-18)13(14,15)16)8-2-7(6-19)3-9(4-8)12(20)21/h2-5,19H,6H2,1H3,(H,20,21). The number of aromatic nitrogens is 2. The Morgan fingerprint density at radius 1 is 1.33 bits per heavy atom. The molecule has 1 aromatic heterocycles. The molecule has 0 aliphatic rings. The first-order valence-corrected chi connectivity index (χ1v) is 5.81. The highest BCUT2D eigenvalue weighted by Crippen LogP contribution is 2.36. The first-order valence-electron chi connectivity index (χ1n) is 5.81. The summed E-state index contributed by atoms with van der Waals surface area (Å²) in [6, 6.07) is 3.63. The molecule has 2 rings (SSSR count). The predicted octanol–water partition coefficient (Wildman–Crippen LogP) is 2.30. The van der Waals surface area contributed by atoms with Crippen LogP contribution in [0.4, 0.5) is 13.2 Å². The Bertz CT molecular complexity index is 692. The number of nitrogens with zero attached hydrogens (tertiary/aromatic N) is 2. The largest absolute Gasteiger partial charge is 0.478 e. The number of aromatic carboxylic acids is 1. The van der Waals surface area contributed by atoms with E-state index in [1.807, 2.05) is 0 Å². The molecule has 112 valence electrons. The highest BCUT2D eigenvalue weighted by atomic mass is 19.4. The number of hydrogen-bond acceptors (Lipinski definition) is 3. The molecule has 0 fully saturated rings. The van der Waals surface area contributed by atoms with E-state index in [2.05, 4.69) is 5.10 Å². The molecular weight excluding hydrogens is 289 g/mol. The van der Waals surface area contributed by atoms with Crippen LogP contribution in [0.25, 0.3) is 11.1 Å². The van der Waals surface area contributed by atoms with Gasteiger partial charge in [0, 0.05) is 18.8 Å². The fourth-order valence-corrected chi connectivity index (χ4v) is 1.97. The van der Waals surface area contributed by atoms with E-state index in [0.717, 1.165) is 16.9 Å². The highest BCUT2D eigenvalue weighted by molar-refractivity contribution is 5.90. The molecule has 2 N–H and O–H groups in total. The van der Waals surface area contributed by atoms with Gasteiger partial charge in [-0.1, -0.05) is 0 Å². The molecule has 0 amide bonds. The van der Waals surface area contributed by atoms with E-state index in [1.165, 1.54) is 19.2 Å². The van der Waals surface area contributed by atoms with Crippen molar-refractivity contribution in [1.29, 1.82) is 0 Å². The van der Waals surface area contributed by atoms with Crippen LogP contribution in [0.2, 0.25) is 0 Å². The number of carboxylic acid groups (broad SMARTS) is 1. The van der Waals surface area contributed by atoms with E-state index in [9.17, 15) is 18.0 Å². The van der Waals surface area contributed by atoms with Gasteiger partial charge in [-0.25, -0.2) is 4.79 Å². The van der Waals surface area contributed by atoms with Crippen molar-refractivity contribution in [2.75, 3.05) is 0 Å². The Balaban J connectivity index is 2.67. The van der Waals surface area contributed by atoms with Gasteiger partial charge in [0.1, 0.15) is 0 Å². The lowest BCUT2D eigenvalue weighted by atomic mass is 10.00. The molecule has 0 spiro atoms. The van der Waals surface area contributed by atoms with E-state index in [0.29, 0.717) is 0 Å². The minimum absolute atomic E-state index is 0.0411. The van der Waals surface area contributed by atoms with Gasteiger partial charge >= 0.3 is 12.1 Å². The van der Waals surface area contributed by atoms with E-state index in [1.54, 1.807) is 0 Å². The third-order valence-corrected chi connectivity index (χ3v) is 2.83. The number of hydrogen-bond donors (Lipinski definition) is 2. The number of alkyl halides is 3. The van der Waals surface area contributed by atoms with Crippen LogP contribution in [0.3, 0.4) is 0 Å². The Morgan fingerprint density at radius 3 is 2.52 bits per heavy atom. The first kappa shape index (κ1) is 15.0. The van der Waals surface area contributed by atoms with Crippen LogP contribution in [0, 0.1) is 0 Å². The lowest BCUT2D eigenvalue weighted by Crippen LogP contribution is -2.08. The Morgan fingerprint density at radius 2 is 2.00 bits per heavy atom. The van der Waals surface area contributed by atoms with Crippen molar-refractivity contribution in [2.24, 2.45) is 7.05 Å². The lowest BCUT2D eigenvalue weighted by Gasteiger charge is -2.08. The number of aryl methyl sites for hydroxylation is 1. The van der Waals surface area contributed by atoms with Crippen molar-refractivity contribution in [2.45, 2.75) is 12.8 Å². The quantitative estimate of drug-likeness (QED) is 0.912. The second-order valence-electron chi connectivity index (χ2n) is 4.44. The summed E-state index contributed by atoms with van der Waals surface area (Å²) in [7, 11) is 1.34. The van der Waals surface area contributed by atoms with Crippen molar-refractivity contribution in [3.8, 4) is 11.1 Å². The zero-order chi connectivity index (χ0) is 15.8. The third-order valence-electron chi connectivity index (χ3n) is 2.83. The van der Waals surface area contributed by atoms with Crippen molar-refractivity contribution < 1.29 is 28.2 Å². The van der Waals surface area contributed by atoms with Crippen LogP contribution in [0.5, 0.6) is 0 Å². The number of rotatable bonds is 3. The first-order chi connectivity index (χ1) is 9.72. The molecule has 5 nitrogen and oxygen atoms in total. The van der Waals surface area contributed by atoms with Gasteiger partial charge in [0.2, 0.25) is 0 Å². The average Bonchev–Trinajstić information content (AvgIpc) is 2.80. The average molecular weight is 300 g/mol. The summed E-state index contributed by atoms with van der Waals surface area (Å²) in [5.74, 6) is -1.29. The van der Waals surface area contributed by atoms with Crippen LogP contribution < -0.4 is 0 Å². The summed E-state index contributed by atoms with van der Waals surface area (Å²) in [5, 5.41) is 21.5. The molecule has 0 atom stereocenters. The lowest BCUT2D eigenvalue weighted by molar-refractivity contribution is -0.140. The van der Waals surface area contributed by atoms with Crippen molar-refractivity contribution in [3.05, 3.63) is 41.2 Å². The van der Waals surface area contributed by atoms with Crippen molar-refractivity contribution in [3.63, 3.8) is 0 Å². The summed E-state index contributed by atoms with van der Waals surface area (Å²) in [4.78, 5) is 11.0. The predicted molar refractivity (Wildman–Crippen MR) is 66.5 cm³/mol. The number of benzene rings is 1. The zero-order valence-corrected chi connectivity index (χ0v) is 10.8. The molecule has 0 unspecified atom stereocenters. The summed E-state index contributed by atoms with van der Waals surface area (Å²) in [6.07, 6.45) is -3.50. The maximum atomic E-state index is 12.9. The SMILES string of the molecule is Cn1cc(-c2cc(CO)cc(C(=O)O)c2)c(C(F)(F)F)n1. The number of carbonyl (C=O) groups is 1. The van der Waals surface area contributed by atoms with Gasteiger partial charge in [-0.2, -0.15) is 18.3 Å². The fourth-order valence-electron chi connectivity index (χ4n) is 1.97. The van der Waals surface area contributed by atoms with Crippen LogP contribution in [0.1, 0.15) is 21.6 Å². The smallest absolute Gasteiger partial charge is 0.435 e. The molecule has 8 heteroatoms. The number of aliphatic hydroxyl groups excluding tert-OH is 1. The second-order valence-corrected chi connectivity index (χ2v) is 4.44. The maximum absolute atomic E-state index is 12.9. The third kappa shape index (κ3) is 3.05. The van der Waals surface area contributed by atoms with Gasteiger partial charge in [0.15, 0.2) is 5.69 Å². The van der Waals surface area contributed by atoms with E-state index in [4.69, 9.17) is 10.2 Å². The minimum atomic E-state index is -4.66. The summed E-state index contributed by atoms with van der Waals surface area (Å²) in [6.45, 7) is -0.476. The maximum Gasteiger partial charge on any atom is 0.435 e.